The number of hydrogen-bond donors (Lipinski definition) is 1. The molecule has 0 radical (unpaired) electrons. The predicted molar refractivity (Wildman–Crippen MR) is 95.9 cm³/mol. The topological polar surface area (TPSA) is 54.3 Å². The lowest BCUT2D eigenvalue weighted by Crippen LogP contribution is -2.35. The molecule has 0 aliphatic carbocycles. The van der Waals surface area contributed by atoms with Crippen molar-refractivity contribution < 1.29 is 9.18 Å². The van der Waals surface area contributed by atoms with Gasteiger partial charge in [-0.1, -0.05) is 6.08 Å². The standard InChI is InChI=1S/C19H20FN3O2/c1-3-21-17(24)16-12-13-6-4-5-11-22(2)18(13)23(19(16)25)15-9-7-14(20)8-10-15/h5,7-12H,3-4,6H2,1-2H3,(H,21,24). The fourth-order valence-corrected chi connectivity index (χ4v) is 3.02. The summed E-state index contributed by atoms with van der Waals surface area (Å²) in [7, 11) is 1.85. The molecule has 130 valence electrons. The lowest BCUT2D eigenvalue weighted by atomic mass is 10.1. The number of hydrogen-bond acceptors (Lipinski definition) is 3. The van der Waals surface area contributed by atoms with Crippen LogP contribution in [0.15, 0.2) is 47.4 Å². The van der Waals surface area contributed by atoms with E-state index >= 15 is 0 Å². The van der Waals surface area contributed by atoms with Crippen molar-refractivity contribution in [3.8, 4) is 5.69 Å². The molecule has 1 aromatic heterocycles. The third-order valence-electron chi connectivity index (χ3n) is 4.16. The Kier molecular flexibility index (Phi) is 4.70. The zero-order valence-electron chi connectivity index (χ0n) is 14.3. The normalized spacial score (nSPS) is 13.3. The number of aromatic nitrogens is 1. The summed E-state index contributed by atoms with van der Waals surface area (Å²) in [5, 5.41) is 2.68. The van der Waals surface area contributed by atoms with Gasteiger partial charge < -0.3 is 10.2 Å². The molecule has 1 aromatic carbocycles. The molecule has 0 saturated heterocycles. The Morgan fingerprint density at radius 2 is 2.00 bits per heavy atom. The van der Waals surface area contributed by atoms with Crippen LogP contribution in [0.5, 0.6) is 0 Å². The second-order valence-electron chi connectivity index (χ2n) is 5.92. The number of nitrogens with zero attached hydrogens (tertiary/aromatic N) is 2. The Morgan fingerprint density at radius 1 is 1.28 bits per heavy atom. The molecule has 5 nitrogen and oxygen atoms in total. The van der Waals surface area contributed by atoms with E-state index < -0.39 is 11.5 Å². The molecule has 1 N–H and O–H groups in total. The SMILES string of the molecule is CCNC(=O)c1cc2c(n(-c3ccc(F)cc3)c1=O)N(C)C=CCC2. The summed E-state index contributed by atoms with van der Waals surface area (Å²) in [5.74, 6) is -0.0829. The molecule has 0 fully saturated rings. The van der Waals surface area contributed by atoms with Gasteiger partial charge in [-0.15, -0.1) is 0 Å². The van der Waals surface area contributed by atoms with Gasteiger partial charge in [0.1, 0.15) is 17.2 Å². The molecule has 3 rings (SSSR count). The number of amides is 1. The van der Waals surface area contributed by atoms with Crippen molar-refractivity contribution in [1.82, 2.24) is 9.88 Å². The molecular weight excluding hydrogens is 321 g/mol. The Balaban J connectivity index is 2.31. The quantitative estimate of drug-likeness (QED) is 0.934. The van der Waals surface area contributed by atoms with E-state index in [4.69, 9.17) is 0 Å². The number of benzene rings is 1. The van der Waals surface area contributed by atoms with Gasteiger partial charge in [0.25, 0.3) is 11.5 Å². The molecule has 1 aliphatic heterocycles. The van der Waals surface area contributed by atoms with E-state index in [0.717, 1.165) is 12.0 Å². The molecule has 0 saturated carbocycles. The largest absolute Gasteiger partial charge is 0.352 e. The molecule has 1 aliphatic rings. The van der Waals surface area contributed by atoms with Gasteiger partial charge in [-0.2, -0.15) is 0 Å². The average Bonchev–Trinajstić information content (AvgIpc) is 2.77. The highest BCUT2D eigenvalue weighted by Gasteiger charge is 2.22. The van der Waals surface area contributed by atoms with Gasteiger partial charge in [0.05, 0.1) is 5.69 Å². The fraction of sp³-hybridized carbons (Fsp3) is 0.263. The van der Waals surface area contributed by atoms with Crippen LogP contribution < -0.4 is 15.8 Å². The van der Waals surface area contributed by atoms with Crippen LogP contribution in [0.25, 0.3) is 5.69 Å². The van der Waals surface area contributed by atoms with Crippen LogP contribution in [0, 0.1) is 5.82 Å². The first-order chi connectivity index (χ1) is 12.0. The van der Waals surface area contributed by atoms with Crippen LogP contribution in [0.3, 0.4) is 0 Å². The second-order valence-corrected chi connectivity index (χ2v) is 5.92. The summed E-state index contributed by atoms with van der Waals surface area (Å²) < 4.78 is 14.8. The maximum absolute atomic E-state index is 13.3. The summed E-state index contributed by atoms with van der Waals surface area (Å²) in [6, 6.07) is 7.37. The molecule has 1 amide bonds. The molecule has 2 heterocycles. The van der Waals surface area contributed by atoms with Crippen molar-refractivity contribution in [2.75, 3.05) is 18.5 Å². The second kappa shape index (κ2) is 6.93. The van der Waals surface area contributed by atoms with Gasteiger partial charge in [-0.25, -0.2) is 4.39 Å². The van der Waals surface area contributed by atoms with Gasteiger partial charge in [0, 0.05) is 19.8 Å². The van der Waals surface area contributed by atoms with E-state index in [2.05, 4.69) is 5.32 Å². The number of nitrogens with one attached hydrogen (secondary N) is 1. The number of aryl methyl sites for hydroxylation is 1. The Hall–Kier alpha value is -2.89. The van der Waals surface area contributed by atoms with Crippen molar-refractivity contribution >= 4 is 11.7 Å². The van der Waals surface area contributed by atoms with Crippen LogP contribution in [0.1, 0.15) is 29.3 Å². The van der Waals surface area contributed by atoms with E-state index in [1.165, 1.54) is 16.7 Å². The summed E-state index contributed by atoms with van der Waals surface area (Å²) in [4.78, 5) is 27.3. The van der Waals surface area contributed by atoms with E-state index in [0.29, 0.717) is 24.5 Å². The smallest absolute Gasteiger partial charge is 0.269 e. The van der Waals surface area contributed by atoms with Crippen LogP contribution in [-0.2, 0) is 6.42 Å². The number of halogens is 1. The van der Waals surface area contributed by atoms with Gasteiger partial charge >= 0.3 is 0 Å². The minimum Gasteiger partial charge on any atom is -0.352 e. The minimum atomic E-state index is -0.418. The average molecular weight is 341 g/mol. The minimum absolute atomic E-state index is 0.0974. The summed E-state index contributed by atoms with van der Waals surface area (Å²) in [6.07, 6.45) is 5.44. The van der Waals surface area contributed by atoms with E-state index in [9.17, 15) is 14.0 Å². The molecule has 0 atom stereocenters. The van der Waals surface area contributed by atoms with Crippen molar-refractivity contribution in [3.05, 3.63) is 69.9 Å². The van der Waals surface area contributed by atoms with E-state index in [1.54, 1.807) is 25.1 Å². The highest BCUT2D eigenvalue weighted by molar-refractivity contribution is 5.94. The lowest BCUT2D eigenvalue weighted by molar-refractivity contribution is 0.0954. The summed E-state index contributed by atoms with van der Waals surface area (Å²) in [5.41, 5.74) is 1.10. The van der Waals surface area contributed by atoms with Crippen LogP contribution in [0.4, 0.5) is 10.2 Å². The number of rotatable bonds is 3. The maximum Gasteiger partial charge on any atom is 0.269 e. The predicted octanol–water partition coefficient (Wildman–Crippen LogP) is 2.62. The van der Waals surface area contributed by atoms with Crippen LogP contribution in [-0.4, -0.2) is 24.1 Å². The van der Waals surface area contributed by atoms with E-state index in [-0.39, 0.29) is 11.4 Å². The van der Waals surface area contributed by atoms with Gasteiger partial charge in [-0.05, 0) is 55.7 Å². The van der Waals surface area contributed by atoms with Gasteiger partial charge in [0.15, 0.2) is 0 Å². The number of allylic oxidation sites excluding steroid dienone is 1. The first-order valence-electron chi connectivity index (χ1n) is 8.25. The Labute approximate surface area is 145 Å². The number of anilines is 1. The summed E-state index contributed by atoms with van der Waals surface area (Å²) in [6.45, 7) is 2.24. The molecule has 0 spiro atoms. The number of fused-ring (bicyclic) bond motifs is 1. The molecule has 25 heavy (non-hydrogen) atoms. The third kappa shape index (κ3) is 3.20. The number of carbonyl (C=O) groups excluding carboxylic acids is 1. The first kappa shape index (κ1) is 17.0. The van der Waals surface area contributed by atoms with Gasteiger partial charge in [0.2, 0.25) is 0 Å². The highest BCUT2D eigenvalue weighted by atomic mass is 19.1. The molecular formula is C19H20FN3O2. The van der Waals surface area contributed by atoms with Crippen LogP contribution in [0.2, 0.25) is 0 Å². The van der Waals surface area contributed by atoms with E-state index in [1.807, 2.05) is 24.2 Å². The number of carbonyl (C=O) groups is 1. The Bertz CT molecular complexity index is 885. The van der Waals surface area contributed by atoms with Crippen LogP contribution >= 0.6 is 0 Å². The highest BCUT2D eigenvalue weighted by Crippen LogP contribution is 2.27. The monoisotopic (exact) mass is 341 g/mol. The number of pyridine rings is 1. The van der Waals surface area contributed by atoms with Crippen molar-refractivity contribution in [2.24, 2.45) is 0 Å². The zero-order valence-corrected chi connectivity index (χ0v) is 14.3. The fourth-order valence-electron chi connectivity index (χ4n) is 3.02. The zero-order chi connectivity index (χ0) is 18.0. The third-order valence-corrected chi connectivity index (χ3v) is 4.16. The molecule has 0 unspecified atom stereocenters. The van der Waals surface area contributed by atoms with Crippen molar-refractivity contribution in [2.45, 2.75) is 19.8 Å². The Morgan fingerprint density at radius 3 is 2.68 bits per heavy atom. The first-order valence-corrected chi connectivity index (χ1v) is 8.25. The maximum atomic E-state index is 13.3. The molecule has 6 heteroatoms. The lowest BCUT2D eigenvalue weighted by Gasteiger charge is -2.23. The summed E-state index contributed by atoms with van der Waals surface area (Å²) >= 11 is 0. The molecule has 2 aromatic rings. The van der Waals surface area contributed by atoms with Crippen molar-refractivity contribution in [1.29, 1.82) is 0 Å². The van der Waals surface area contributed by atoms with Gasteiger partial charge in [-0.3, -0.25) is 14.2 Å². The molecule has 0 bridgehead atoms. The van der Waals surface area contributed by atoms with Crippen molar-refractivity contribution in [3.63, 3.8) is 0 Å².